The monoisotopic (exact) mass is 292 g/mol. The molecular formula is C10H8N6O5. The number of non-ortho nitro benzene ring substituents is 1. The van der Waals surface area contributed by atoms with Crippen LogP contribution in [-0.2, 0) is 11.2 Å². The predicted octanol–water partition coefficient (Wildman–Crippen LogP) is 0.407. The molecule has 0 fully saturated rings. The van der Waals surface area contributed by atoms with Gasteiger partial charge >= 0.3 is 0 Å². The molecule has 0 atom stereocenters. The zero-order valence-electron chi connectivity index (χ0n) is 10.4. The van der Waals surface area contributed by atoms with E-state index in [1.807, 2.05) is 0 Å². The third-order valence-corrected chi connectivity index (χ3v) is 2.50. The van der Waals surface area contributed by atoms with Crippen LogP contribution in [0.25, 0.3) is 0 Å². The van der Waals surface area contributed by atoms with Gasteiger partial charge < -0.3 is 0 Å². The molecule has 11 nitrogen and oxygen atoms in total. The van der Waals surface area contributed by atoms with Gasteiger partial charge in [0.15, 0.2) is 0 Å². The number of nitro groups is 2. The summed E-state index contributed by atoms with van der Waals surface area (Å²) in [6, 6.07) is 3.11. The van der Waals surface area contributed by atoms with E-state index < -0.39 is 27.1 Å². The van der Waals surface area contributed by atoms with Gasteiger partial charge in [0, 0.05) is 11.6 Å². The van der Waals surface area contributed by atoms with Crippen molar-refractivity contribution in [2.45, 2.75) is 6.42 Å². The third kappa shape index (κ3) is 3.34. The first-order chi connectivity index (χ1) is 9.97. The standard InChI is InChI=1S/C10H8N6O5/c17-10(13-14-5-11-12-6-14)3-7-1-2-8(15(18)19)4-9(7)16(20)21/h1-2,4-6H,3H2,(H,13,17). The summed E-state index contributed by atoms with van der Waals surface area (Å²) in [5.74, 6) is -0.549. The van der Waals surface area contributed by atoms with Gasteiger partial charge in [-0.2, -0.15) is 0 Å². The number of rotatable bonds is 5. The molecule has 0 bridgehead atoms. The molecule has 1 amide bonds. The lowest BCUT2D eigenvalue weighted by Crippen LogP contribution is -2.23. The molecule has 0 aliphatic rings. The molecule has 0 unspecified atom stereocenters. The van der Waals surface area contributed by atoms with Crippen LogP contribution < -0.4 is 5.43 Å². The number of aromatic nitrogens is 3. The third-order valence-electron chi connectivity index (χ3n) is 2.50. The number of hydrogen-bond donors (Lipinski definition) is 1. The first kappa shape index (κ1) is 14.0. The molecule has 2 aromatic rings. The molecule has 1 aromatic heterocycles. The Morgan fingerprint density at radius 2 is 1.86 bits per heavy atom. The van der Waals surface area contributed by atoms with E-state index in [0.717, 1.165) is 12.1 Å². The highest BCUT2D eigenvalue weighted by molar-refractivity contribution is 5.86. The van der Waals surface area contributed by atoms with Gasteiger partial charge in [-0.1, -0.05) is 0 Å². The molecule has 21 heavy (non-hydrogen) atoms. The first-order valence-electron chi connectivity index (χ1n) is 5.53. The predicted molar refractivity (Wildman–Crippen MR) is 67.8 cm³/mol. The number of hydrogen-bond acceptors (Lipinski definition) is 7. The SMILES string of the molecule is O=C(Cc1ccc([N+](=O)[O-])cc1[N+](=O)[O-])Nn1cnnc1. The molecule has 0 aliphatic heterocycles. The molecular weight excluding hydrogens is 284 g/mol. The fourth-order valence-electron chi connectivity index (χ4n) is 1.60. The van der Waals surface area contributed by atoms with Crippen LogP contribution in [0.5, 0.6) is 0 Å². The number of carbonyl (C=O) groups is 1. The average molecular weight is 292 g/mol. The van der Waals surface area contributed by atoms with Gasteiger partial charge in [-0.15, -0.1) is 10.2 Å². The lowest BCUT2D eigenvalue weighted by Gasteiger charge is -2.05. The van der Waals surface area contributed by atoms with Crippen LogP contribution in [0.4, 0.5) is 11.4 Å². The minimum absolute atomic E-state index is 0.0659. The second-order valence-electron chi connectivity index (χ2n) is 3.91. The number of amides is 1. The maximum absolute atomic E-state index is 11.7. The molecule has 1 aromatic carbocycles. The minimum atomic E-state index is -0.769. The second-order valence-corrected chi connectivity index (χ2v) is 3.91. The molecule has 108 valence electrons. The highest BCUT2D eigenvalue weighted by Crippen LogP contribution is 2.25. The number of nitrogens with one attached hydrogen (secondary N) is 1. The zero-order valence-corrected chi connectivity index (χ0v) is 10.4. The summed E-state index contributed by atoms with van der Waals surface area (Å²) in [5.41, 5.74) is 1.54. The van der Waals surface area contributed by atoms with Crippen LogP contribution >= 0.6 is 0 Å². The quantitative estimate of drug-likeness (QED) is 0.619. The van der Waals surface area contributed by atoms with Crippen LogP contribution in [-0.4, -0.2) is 30.6 Å². The Morgan fingerprint density at radius 1 is 1.19 bits per heavy atom. The summed E-state index contributed by atoms with van der Waals surface area (Å²) in [7, 11) is 0. The van der Waals surface area contributed by atoms with Gasteiger partial charge in [0.25, 0.3) is 11.4 Å². The van der Waals surface area contributed by atoms with Gasteiger partial charge in [-0.25, -0.2) is 4.68 Å². The average Bonchev–Trinajstić information content (AvgIpc) is 2.91. The van der Waals surface area contributed by atoms with Crippen molar-refractivity contribution in [3.63, 3.8) is 0 Å². The number of nitrogens with zero attached hydrogens (tertiary/aromatic N) is 5. The summed E-state index contributed by atoms with van der Waals surface area (Å²) in [6.07, 6.45) is 2.16. The Hall–Kier alpha value is -3.37. The largest absolute Gasteiger partial charge is 0.279 e. The molecule has 0 aliphatic carbocycles. The lowest BCUT2D eigenvalue weighted by atomic mass is 10.1. The van der Waals surface area contributed by atoms with Gasteiger partial charge in [0.05, 0.1) is 22.3 Å². The van der Waals surface area contributed by atoms with E-state index >= 15 is 0 Å². The fourth-order valence-corrected chi connectivity index (χ4v) is 1.60. The van der Waals surface area contributed by atoms with Crippen molar-refractivity contribution in [3.8, 4) is 0 Å². The van der Waals surface area contributed by atoms with Crippen LogP contribution in [0, 0.1) is 20.2 Å². The van der Waals surface area contributed by atoms with Gasteiger partial charge in [0.2, 0.25) is 5.91 Å². The number of carbonyl (C=O) groups excluding carboxylic acids is 1. The van der Waals surface area contributed by atoms with E-state index in [1.54, 1.807) is 0 Å². The lowest BCUT2D eigenvalue weighted by molar-refractivity contribution is -0.394. The Kier molecular flexibility index (Phi) is 3.83. The normalized spacial score (nSPS) is 10.1. The number of nitro benzene ring substituents is 2. The van der Waals surface area contributed by atoms with E-state index in [-0.39, 0.29) is 12.0 Å². The summed E-state index contributed by atoms with van der Waals surface area (Å²) >= 11 is 0. The molecule has 0 spiro atoms. The van der Waals surface area contributed by atoms with E-state index in [1.165, 1.54) is 23.4 Å². The van der Waals surface area contributed by atoms with Crippen LogP contribution in [0.15, 0.2) is 30.9 Å². The van der Waals surface area contributed by atoms with E-state index in [0.29, 0.717) is 0 Å². The topological polar surface area (TPSA) is 146 Å². The smallest absolute Gasteiger partial charge is 0.273 e. The maximum atomic E-state index is 11.7. The van der Waals surface area contributed by atoms with Crippen molar-refractivity contribution in [3.05, 3.63) is 56.6 Å². The first-order valence-corrected chi connectivity index (χ1v) is 5.53. The summed E-state index contributed by atoms with van der Waals surface area (Å²) in [4.78, 5) is 31.7. The van der Waals surface area contributed by atoms with Gasteiger partial charge in [-0.05, 0) is 6.07 Å². The minimum Gasteiger partial charge on any atom is -0.273 e. The van der Waals surface area contributed by atoms with Crippen molar-refractivity contribution in [1.29, 1.82) is 0 Å². The maximum Gasteiger partial charge on any atom is 0.279 e. The molecule has 2 rings (SSSR count). The van der Waals surface area contributed by atoms with Crippen molar-refractivity contribution in [1.82, 2.24) is 14.9 Å². The summed E-state index contributed by atoms with van der Waals surface area (Å²) in [6.45, 7) is 0. The Bertz CT molecular complexity index is 698. The molecule has 0 saturated carbocycles. The van der Waals surface area contributed by atoms with Crippen molar-refractivity contribution < 1.29 is 14.6 Å². The van der Waals surface area contributed by atoms with Gasteiger partial charge in [-0.3, -0.25) is 30.4 Å². The van der Waals surface area contributed by atoms with Crippen LogP contribution in [0.2, 0.25) is 0 Å². The summed E-state index contributed by atoms with van der Waals surface area (Å²) < 4.78 is 1.18. The summed E-state index contributed by atoms with van der Waals surface area (Å²) in [5, 5.41) is 28.5. The number of benzene rings is 1. The van der Waals surface area contributed by atoms with E-state index in [9.17, 15) is 25.0 Å². The molecule has 1 heterocycles. The van der Waals surface area contributed by atoms with E-state index in [2.05, 4.69) is 15.6 Å². The van der Waals surface area contributed by atoms with Gasteiger partial charge in [0.1, 0.15) is 12.7 Å². The Balaban J connectivity index is 2.21. The zero-order chi connectivity index (χ0) is 15.4. The van der Waals surface area contributed by atoms with E-state index in [4.69, 9.17) is 0 Å². The molecule has 1 N–H and O–H groups in total. The Labute approximate surface area is 116 Å². The van der Waals surface area contributed by atoms with Crippen LogP contribution in [0.3, 0.4) is 0 Å². The Morgan fingerprint density at radius 3 is 2.43 bits per heavy atom. The van der Waals surface area contributed by atoms with Crippen molar-refractivity contribution in [2.24, 2.45) is 0 Å². The molecule has 0 saturated heterocycles. The molecule has 0 radical (unpaired) electrons. The van der Waals surface area contributed by atoms with Crippen LogP contribution in [0.1, 0.15) is 5.56 Å². The second kappa shape index (κ2) is 5.73. The van der Waals surface area contributed by atoms with Crippen molar-refractivity contribution in [2.75, 3.05) is 5.43 Å². The fraction of sp³-hybridized carbons (Fsp3) is 0.100. The molecule has 11 heteroatoms. The highest BCUT2D eigenvalue weighted by Gasteiger charge is 2.21. The highest BCUT2D eigenvalue weighted by atomic mass is 16.6. The van der Waals surface area contributed by atoms with Crippen molar-refractivity contribution >= 4 is 17.3 Å².